The van der Waals surface area contributed by atoms with Crippen LogP contribution in [0.15, 0.2) is 28.6 Å². The normalized spacial score (nSPS) is 9.85. The first-order chi connectivity index (χ1) is 6.34. The van der Waals surface area contributed by atoms with Gasteiger partial charge in [-0.15, -0.1) is 11.3 Å². The van der Waals surface area contributed by atoms with Crippen molar-refractivity contribution in [3.63, 3.8) is 0 Å². The maximum Gasteiger partial charge on any atom is 0.346 e. The fourth-order valence-electron chi connectivity index (χ4n) is 0.842. The van der Waals surface area contributed by atoms with Crippen LogP contribution in [0.5, 0.6) is 0 Å². The molecule has 0 amide bonds. The standard InChI is InChI=1S/C7H6N4OS/c12-6-8-2-1-5(10-6)11-7-9-3-4-13-7/h1-4H,(H2,8,9,10,11,12). The Morgan fingerprint density at radius 3 is 3.00 bits per heavy atom. The van der Waals surface area contributed by atoms with Gasteiger partial charge in [0.1, 0.15) is 5.82 Å². The molecule has 2 rings (SSSR count). The molecular formula is C7H6N4OS. The molecule has 6 heteroatoms. The summed E-state index contributed by atoms with van der Waals surface area (Å²) in [5.74, 6) is 0.593. The predicted octanol–water partition coefficient (Wildman–Crippen LogP) is 0.970. The number of anilines is 2. The molecule has 0 fully saturated rings. The van der Waals surface area contributed by atoms with Crippen LogP contribution in [0.4, 0.5) is 10.9 Å². The van der Waals surface area contributed by atoms with Gasteiger partial charge in [-0.05, 0) is 6.07 Å². The number of aromatic nitrogens is 3. The van der Waals surface area contributed by atoms with E-state index in [1.165, 1.54) is 17.5 Å². The first-order valence-electron chi connectivity index (χ1n) is 3.56. The topological polar surface area (TPSA) is 70.7 Å². The molecule has 13 heavy (non-hydrogen) atoms. The van der Waals surface area contributed by atoms with Gasteiger partial charge >= 0.3 is 5.69 Å². The Kier molecular flexibility index (Phi) is 2.05. The third-order valence-electron chi connectivity index (χ3n) is 1.35. The molecule has 0 bridgehead atoms. The van der Waals surface area contributed by atoms with Crippen molar-refractivity contribution in [3.8, 4) is 0 Å². The van der Waals surface area contributed by atoms with Gasteiger partial charge in [0.05, 0.1) is 0 Å². The number of rotatable bonds is 2. The summed E-state index contributed by atoms with van der Waals surface area (Å²) in [6, 6.07) is 1.67. The van der Waals surface area contributed by atoms with Gasteiger partial charge in [-0.25, -0.2) is 14.8 Å². The van der Waals surface area contributed by atoms with Crippen LogP contribution in [0.3, 0.4) is 0 Å². The van der Waals surface area contributed by atoms with E-state index in [1.807, 2.05) is 5.38 Å². The monoisotopic (exact) mass is 194 g/mol. The Balaban J connectivity index is 2.24. The number of hydrogen-bond acceptors (Lipinski definition) is 5. The molecule has 0 aliphatic carbocycles. The largest absolute Gasteiger partial charge is 0.346 e. The first kappa shape index (κ1) is 7.93. The van der Waals surface area contributed by atoms with E-state index in [0.29, 0.717) is 5.82 Å². The van der Waals surface area contributed by atoms with E-state index in [2.05, 4.69) is 20.3 Å². The number of H-pyrrole nitrogens is 1. The van der Waals surface area contributed by atoms with Crippen molar-refractivity contribution in [2.24, 2.45) is 0 Å². The molecule has 0 radical (unpaired) electrons. The second kappa shape index (κ2) is 3.36. The highest BCUT2D eigenvalue weighted by molar-refractivity contribution is 7.13. The lowest BCUT2D eigenvalue weighted by atomic mass is 10.6. The van der Waals surface area contributed by atoms with Crippen LogP contribution < -0.4 is 11.0 Å². The van der Waals surface area contributed by atoms with Gasteiger partial charge in [0.25, 0.3) is 0 Å². The highest BCUT2D eigenvalue weighted by Gasteiger charge is 1.96. The second-order valence-corrected chi connectivity index (χ2v) is 3.15. The van der Waals surface area contributed by atoms with Crippen molar-refractivity contribution < 1.29 is 0 Å². The molecule has 0 unspecified atom stereocenters. The lowest BCUT2D eigenvalue weighted by Crippen LogP contribution is -2.10. The highest BCUT2D eigenvalue weighted by Crippen LogP contribution is 2.14. The van der Waals surface area contributed by atoms with Crippen molar-refractivity contribution in [3.05, 3.63) is 34.3 Å². The molecule has 2 N–H and O–H groups in total. The molecule has 0 aromatic carbocycles. The summed E-state index contributed by atoms with van der Waals surface area (Å²) >= 11 is 1.46. The van der Waals surface area contributed by atoms with Crippen LogP contribution in [0.2, 0.25) is 0 Å². The average molecular weight is 194 g/mol. The summed E-state index contributed by atoms with van der Waals surface area (Å²) in [5, 5.41) is 5.52. The van der Waals surface area contributed by atoms with Crippen LogP contribution in [-0.2, 0) is 0 Å². The van der Waals surface area contributed by atoms with E-state index < -0.39 is 0 Å². The molecule has 0 atom stereocenters. The van der Waals surface area contributed by atoms with Crippen LogP contribution in [0, 0.1) is 0 Å². The number of hydrogen-bond donors (Lipinski definition) is 2. The lowest BCUT2D eigenvalue weighted by molar-refractivity contribution is 1.08. The van der Waals surface area contributed by atoms with Crippen LogP contribution >= 0.6 is 11.3 Å². The van der Waals surface area contributed by atoms with Gasteiger partial charge in [-0.3, -0.25) is 4.98 Å². The van der Waals surface area contributed by atoms with Crippen LogP contribution in [-0.4, -0.2) is 15.0 Å². The molecule has 5 nitrogen and oxygen atoms in total. The Labute approximate surface area is 77.5 Å². The van der Waals surface area contributed by atoms with Crippen LogP contribution in [0.1, 0.15) is 0 Å². The molecule has 0 aliphatic rings. The Morgan fingerprint density at radius 1 is 1.38 bits per heavy atom. The molecule has 0 saturated heterocycles. The zero-order valence-corrected chi connectivity index (χ0v) is 7.34. The van der Waals surface area contributed by atoms with Gasteiger partial charge in [0.2, 0.25) is 0 Å². The van der Waals surface area contributed by atoms with Gasteiger partial charge in [0.15, 0.2) is 5.13 Å². The average Bonchev–Trinajstić information content (AvgIpc) is 2.57. The molecular weight excluding hydrogens is 188 g/mol. The lowest BCUT2D eigenvalue weighted by Gasteiger charge is -1.99. The Morgan fingerprint density at radius 2 is 2.31 bits per heavy atom. The van der Waals surface area contributed by atoms with Crippen LogP contribution in [0.25, 0.3) is 0 Å². The van der Waals surface area contributed by atoms with Gasteiger partial charge in [0, 0.05) is 17.8 Å². The summed E-state index contributed by atoms with van der Waals surface area (Å²) in [6.07, 6.45) is 3.13. The zero-order valence-electron chi connectivity index (χ0n) is 6.52. The fourth-order valence-corrected chi connectivity index (χ4v) is 1.38. The van der Waals surface area contributed by atoms with Crippen molar-refractivity contribution in [1.82, 2.24) is 15.0 Å². The number of thiazole rings is 1. The molecule has 2 aromatic rings. The van der Waals surface area contributed by atoms with E-state index in [0.717, 1.165) is 5.13 Å². The summed E-state index contributed by atoms with van der Waals surface area (Å²) in [5.41, 5.74) is -0.374. The fraction of sp³-hybridized carbons (Fsp3) is 0. The van der Waals surface area contributed by atoms with E-state index in [9.17, 15) is 4.79 Å². The zero-order chi connectivity index (χ0) is 9.10. The van der Waals surface area contributed by atoms with Crippen molar-refractivity contribution >= 4 is 22.3 Å². The van der Waals surface area contributed by atoms with E-state index in [4.69, 9.17) is 0 Å². The van der Waals surface area contributed by atoms with Crippen molar-refractivity contribution in [2.75, 3.05) is 5.32 Å². The van der Waals surface area contributed by atoms with Gasteiger partial charge in [-0.2, -0.15) is 0 Å². The molecule has 2 aromatic heterocycles. The minimum Gasteiger partial charge on any atom is -0.318 e. The summed E-state index contributed by atoms with van der Waals surface area (Å²) in [4.78, 5) is 20.8. The molecule has 0 aliphatic heterocycles. The maximum absolute atomic E-state index is 10.8. The number of nitrogens with zero attached hydrogens (tertiary/aromatic N) is 2. The quantitative estimate of drug-likeness (QED) is 0.747. The van der Waals surface area contributed by atoms with Gasteiger partial charge < -0.3 is 5.32 Å². The minimum atomic E-state index is -0.374. The molecule has 0 spiro atoms. The molecule has 0 saturated carbocycles. The SMILES string of the molecule is O=c1nccc(Nc2nccs2)[nH]1. The smallest absolute Gasteiger partial charge is 0.318 e. The second-order valence-electron chi connectivity index (χ2n) is 2.25. The van der Waals surface area contributed by atoms with E-state index >= 15 is 0 Å². The summed E-state index contributed by atoms with van der Waals surface area (Å²) in [6.45, 7) is 0. The maximum atomic E-state index is 10.8. The minimum absolute atomic E-state index is 0.374. The third kappa shape index (κ3) is 1.91. The Bertz CT molecular complexity index is 436. The van der Waals surface area contributed by atoms with Gasteiger partial charge in [-0.1, -0.05) is 0 Å². The highest BCUT2D eigenvalue weighted by atomic mass is 32.1. The van der Waals surface area contributed by atoms with Crippen molar-refractivity contribution in [2.45, 2.75) is 0 Å². The molecule has 66 valence electrons. The third-order valence-corrected chi connectivity index (χ3v) is 2.04. The summed E-state index contributed by atoms with van der Waals surface area (Å²) in [7, 11) is 0. The summed E-state index contributed by atoms with van der Waals surface area (Å²) < 4.78 is 0. The Hall–Kier alpha value is -1.69. The van der Waals surface area contributed by atoms with E-state index in [-0.39, 0.29) is 5.69 Å². The number of nitrogens with one attached hydrogen (secondary N) is 2. The molecule has 2 heterocycles. The first-order valence-corrected chi connectivity index (χ1v) is 4.44. The predicted molar refractivity (Wildman–Crippen MR) is 50.3 cm³/mol. The van der Waals surface area contributed by atoms with Crippen molar-refractivity contribution in [1.29, 1.82) is 0 Å². The number of aromatic amines is 1. The van der Waals surface area contributed by atoms with E-state index in [1.54, 1.807) is 12.3 Å².